The third-order valence-electron chi connectivity index (χ3n) is 2.78. The van der Waals surface area contributed by atoms with Crippen LogP contribution in [0.4, 0.5) is 0 Å². The largest absolute Gasteiger partial charge is 0.489 e. The summed E-state index contributed by atoms with van der Waals surface area (Å²) in [5.74, 6) is 3.15. The lowest BCUT2D eigenvalue weighted by atomic mass is 10.1. The van der Waals surface area contributed by atoms with Gasteiger partial charge in [0.1, 0.15) is 5.75 Å². The highest BCUT2D eigenvalue weighted by Crippen LogP contribution is 2.22. The summed E-state index contributed by atoms with van der Waals surface area (Å²) in [5, 5.41) is 3.61. The number of nitrogens with one attached hydrogen (secondary N) is 1. The first-order chi connectivity index (χ1) is 9.67. The minimum Gasteiger partial charge on any atom is -0.489 e. The molecule has 20 heavy (non-hydrogen) atoms. The van der Waals surface area contributed by atoms with Crippen LogP contribution in [0.5, 0.6) is 5.75 Å². The molecule has 0 saturated carbocycles. The number of ether oxygens (including phenoxy) is 1. The van der Waals surface area contributed by atoms with Crippen molar-refractivity contribution in [1.29, 1.82) is 0 Å². The highest BCUT2D eigenvalue weighted by atomic mass is 32.2. The molecule has 0 aliphatic heterocycles. The Bertz CT molecular complexity index is 371. The van der Waals surface area contributed by atoms with Gasteiger partial charge in [-0.1, -0.05) is 13.8 Å². The Balaban J connectivity index is 2.71. The van der Waals surface area contributed by atoms with E-state index in [1.807, 2.05) is 31.8 Å². The molecule has 1 rings (SSSR count). The first-order valence-electron chi connectivity index (χ1n) is 7.60. The molecule has 0 radical (unpaired) electrons. The van der Waals surface area contributed by atoms with Crippen LogP contribution in [0, 0.1) is 0 Å². The van der Waals surface area contributed by atoms with Gasteiger partial charge in [-0.2, -0.15) is 11.8 Å². The summed E-state index contributed by atoms with van der Waals surface area (Å²) < 4.78 is 5.74. The summed E-state index contributed by atoms with van der Waals surface area (Å²) >= 11 is 2.00. The smallest absolute Gasteiger partial charge is 0.138 e. The number of thioether (sulfide) groups is 1. The predicted molar refractivity (Wildman–Crippen MR) is 88.7 cm³/mol. The molecular formula is C16H28N2OS. The van der Waals surface area contributed by atoms with E-state index in [1.54, 1.807) is 6.20 Å². The summed E-state index contributed by atoms with van der Waals surface area (Å²) in [6, 6.07) is 2.47. The van der Waals surface area contributed by atoms with Crippen LogP contribution in [-0.2, 0) is 0 Å². The van der Waals surface area contributed by atoms with Gasteiger partial charge in [-0.15, -0.1) is 0 Å². The van der Waals surface area contributed by atoms with E-state index in [2.05, 4.69) is 30.2 Å². The second-order valence-electron chi connectivity index (χ2n) is 5.20. The van der Waals surface area contributed by atoms with E-state index < -0.39 is 0 Å². The maximum Gasteiger partial charge on any atom is 0.138 e. The van der Waals surface area contributed by atoms with Gasteiger partial charge < -0.3 is 10.1 Å². The number of rotatable bonds is 10. The number of hydrogen-bond acceptors (Lipinski definition) is 4. The van der Waals surface area contributed by atoms with Gasteiger partial charge in [0.2, 0.25) is 0 Å². The molecule has 1 unspecified atom stereocenters. The van der Waals surface area contributed by atoms with Crippen molar-refractivity contribution >= 4 is 11.8 Å². The summed E-state index contributed by atoms with van der Waals surface area (Å²) in [6.07, 6.45) is 6.29. The van der Waals surface area contributed by atoms with Crippen molar-refractivity contribution in [1.82, 2.24) is 10.3 Å². The minimum absolute atomic E-state index is 0.184. The molecule has 0 aromatic carbocycles. The first kappa shape index (κ1) is 17.3. The van der Waals surface area contributed by atoms with Gasteiger partial charge in [0.25, 0.3) is 0 Å². The Morgan fingerprint density at radius 3 is 2.70 bits per heavy atom. The average molecular weight is 296 g/mol. The number of pyridine rings is 1. The maximum absolute atomic E-state index is 5.74. The van der Waals surface area contributed by atoms with E-state index in [9.17, 15) is 0 Å². The maximum atomic E-state index is 5.74. The quantitative estimate of drug-likeness (QED) is 0.660. The third kappa shape index (κ3) is 6.62. The average Bonchev–Trinajstić information content (AvgIpc) is 2.42. The van der Waals surface area contributed by atoms with Crippen LogP contribution in [0.2, 0.25) is 0 Å². The van der Waals surface area contributed by atoms with E-state index in [0.29, 0.717) is 6.04 Å². The van der Waals surface area contributed by atoms with Gasteiger partial charge in [-0.05, 0) is 50.6 Å². The molecule has 0 saturated heterocycles. The lowest BCUT2D eigenvalue weighted by molar-refractivity contribution is 0.241. The van der Waals surface area contributed by atoms with Crippen molar-refractivity contribution in [2.45, 2.75) is 52.7 Å². The van der Waals surface area contributed by atoms with Crippen molar-refractivity contribution in [3.63, 3.8) is 0 Å². The first-order valence-corrected chi connectivity index (χ1v) is 8.75. The zero-order valence-corrected chi connectivity index (χ0v) is 14.0. The molecule has 1 heterocycles. The molecular weight excluding hydrogens is 268 g/mol. The van der Waals surface area contributed by atoms with Gasteiger partial charge in [0.05, 0.1) is 12.3 Å². The van der Waals surface area contributed by atoms with Crippen molar-refractivity contribution in [2.24, 2.45) is 0 Å². The Labute approximate surface area is 127 Å². The van der Waals surface area contributed by atoms with E-state index >= 15 is 0 Å². The minimum atomic E-state index is 0.184. The molecule has 4 heteroatoms. The van der Waals surface area contributed by atoms with Crippen molar-refractivity contribution in [2.75, 3.05) is 18.1 Å². The van der Waals surface area contributed by atoms with Crippen molar-refractivity contribution < 1.29 is 4.74 Å². The zero-order chi connectivity index (χ0) is 14.8. The van der Waals surface area contributed by atoms with Crippen molar-refractivity contribution in [3.8, 4) is 5.75 Å². The molecule has 3 nitrogen and oxygen atoms in total. The van der Waals surface area contributed by atoms with E-state index in [1.165, 1.54) is 17.7 Å². The summed E-state index contributed by atoms with van der Waals surface area (Å²) in [4.78, 5) is 4.32. The predicted octanol–water partition coefficient (Wildman–Crippen LogP) is 4.05. The molecule has 0 bridgehead atoms. The molecule has 0 fully saturated rings. The SMILES string of the molecule is CCCNC(CSCCC)c1cncc(OC(C)C)c1. The highest BCUT2D eigenvalue weighted by Gasteiger charge is 2.12. The summed E-state index contributed by atoms with van der Waals surface area (Å²) in [5.41, 5.74) is 1.22. The zero-order valence-electron chi connectivity index (χ0n) is 13.2. The Morgan fingerprint density at radius 1 is 1.25 bits per heavy atom. The van der Waals surface area contributed by atoms with E-state index in [4.69, 9.17) is 4.74 Å². The van der Waals surface area contributed by atoms with Gasteiger partial charge in [-0.3, -0.25) is 4.98 Å². The number of nitrogens with zero attached hydrogens (tertiary/aromatic N) is 1. The molecule has 114 valence electrons. The topological polar surface area (TPSA) is 34.2 Å². The lowest BCUT2D eigenvalue weighted by Gasteiger charge is -2.19. The van der Waals surface area contributed by atoms with Gasteiger partial charge in [-0.25, -0.2) is 0 Å². The lowest BCUT2D eigenvalue weighted by Crippen LogP contribution is -2.24. The molecule has 0 aliphatic carbocycles. The monoisotopic (exact) mass is 296 g/mol. The van der Waals surface area contributed by atoms with Crippen LogP contribution >= 0.6 is 11.8 Å². The standard InChI is InChI=1S/C16H28N2OS/c1-5-7-18-16(12-20-8-6-2)14-9-15(11-17-10-14)19-13(3)4/h9-11,13,16,18H,5-8,12H2,1-4H3. The van der Waals surface area contributed by atoms with Crippen molar-refractivity contribution in [3.05, 3.63) is 24.0 Å². The second kappa shape index (κ2) is 10.1. The van der Waals surface area contributed by atoms with E-state index in [-0.39, 0.29) is 6.10 Å². The Hall–Kier alpha value is -0.740. The van der Waals surface area contributed by atoms with Crippen LogP contribution in [0.1, 0.15) is 52.1 Å². The Morgan fingerprint density at radius 2 is 2.05 bits per heavy atom. The van der Waals surface area contributed by atoms with Gasteiger partial charge in [0.15, 0.2) is 0 Å². The van der Waals surface area contributed by atoms with Crippen LogP contribution < -0.4 is 10.1 Å². The number of aromatic nitrogens is 1. The normalized spacial score (nSPS) is 12.7. The third-order valence-corrected chi connectivity index (χ3v) is 4.05. The molecule has 1 aromatic heterocycles. The molecule has 0 spiro atoms. The molecule has 1 aromatic rings. The number of hydrogen-bond donors (Lipinski definition) is 1. The van der Waals surface area contributed by atoms with Gasteiger partial charge >= 0.3 is 0 Å². The fraction of sp³-hybridized carbons (Fsp3) is 0.688. The van der Waals surface area contributed by atoms with Crippen LogP contribution in [0.3, 0.4) is 0 Å². The van der Waals surface area contributed by atoms with Crippen LogP contribution in [0.15, 0.2) is 18.5 Å². The summed E-state index contributed by atoms with van der Waals surface area (Å²) in [7, 11) is 0. The fourth-order valence-corrected chi connectivity index (χ4v) is 2.90. The fourth-order valence-electron chi connectivity index (χ4n) is 1.90. The highest BCUT2D eigenvalue weighted by molar-refractivity contribution is 7.99. The van der Waals surface area contributed by atoms with Gasteiger partial charge in [0, 0.05) is 18.0 Å². The Kier molecular flexibility index (Phi) is 8.70. The molecule has 1 atom stereocenters. The second-order valence-corrected chi connectivity index (χ2v) is 6.35. The molecule has 0 amide bonds. The summed E-state index contributed by atoms with van der Waals surface area (Å²) in [6.45, 7) is 9.53. The molecule has 0 aliphatic rings. The molecule has 1 N–H and O–H groups in total. The van der Waals surface area contributed by atoms with Crippen LogP contribution in [-0.4, -0.2) is 29.1 Å². The van der Waals surface area contributed by atoms with E-state index in [0.717, 1.165) is 24.5 Å². The van der Waals surface area contributed by atoms with Crippen LogP contribution in [0.25, 0.3) is 0 Å².